The largest absolute Gasteiger partial charge is 0.377 e. The highest BCUT2D eigenvalue weighted by atomic mass is 127. The van der Waals surface area contributed by atoms with Crippen molar-refractivity contribution in [3.63, 3.8) is 0 Å². The highest BCUT2D eigenvalue weighted by Gasteiger charge is 2.01. The summed E-state index contributed by atoms with van der Waals surface area (Å²) in [6.45, 7) is 7.17. The monoisotopic (exact) mass is 405 g/mol. The predicted octanol–water partition coefficient (Wildman–Crippen LogP) is 3.44. The van der Waals surface area contributed by atoms with Gasteiger partial charge in [0.25, 0.3) is 0 Å². The lowest BCUT2D eigenvalue weighted by molar-refractivity contribution is 0.121. The van der Waals surface area contributed by atoms with Gasteiger partial charge in [-0.25, -0.2) is 4.99 Å². The third-order valence-corrected chi connectivity index (χ3v) is 2.98. The van der Waals surface area contributed by atoms with Crippen LogP contribution in [0.3, 0.4) is 0 Å². The Kier molecular flexibility index (Phi) is 12.4. The lowest BCUT2D eigenvalue weighted by atomic mass is 10.1. The van der Waals surface area contributed by atoms with Gasteiger partial charge in [0.2, 0.25) is 0 Å². The average Bonchev–Trinajstić information content (AvgIpc) is 2.47. The number of benzene rings is 1. The van der Waals surface area contributed by atoms with Crippen molar-refractivity contribution in [2.75, 3.05) is 13.2 Å². The first-order valence-electron chi connectivity index (χ1n) is 7.46. The lowest BCUT2D eigenvalue weighted by Gasteiger charge is -2.09. The van der Waals surface area contributed by atoms with Crippen LogP contribution in [0, 0.1) is 0 Å². The van der Waals surface area contributed by atoms with Crippen molar-refractivity contribution in [2.24, 2.45) is 10.7 Å². The minimum absolute atomic E-state index is 0. The molecule has 0 aromatic heterocycles. The minimum Gasteiger partial charge on any atom is -0.377 e. The third kappa shape index (κ3) is 8.93. The summed E-state index contributed by atoms with van der Waals surface area (Å²) in [4.78, 5) is 4.38. The second kappa shape index (κ2) is 12.9. The number of hydrogen-bond donors (Lipinski definition) is 2. The molecule has 0 spiro atoms. The molecule has 0 saturated heterocycles. The molecular formula is C16H28IN3O. The van der Waals surface area contributed by atoms with Gasteiger partial charge in [-0.3, -0.25) is 0 Å². The van der Waals surface area contributed by atoms with E-state index in [-0.39, 0.29) is 24.0 Å². The number of unbranched alkanes of at least 4 members (excludes halogenated alkanes) is 1. The highest BCUT2D eigenvalue weighted by Crippen LogP contribution is 2.11. The summed E-state index contributed by atoms with van der Waals surface area (Å²) >= 11 is 0. The number of nitrogens with one attached hydrogen (secondary N) is 1. The Labute approximate surface area is 145 Å². The normalized spacial score (nSPS) is 11.0. The molecule has 0 fully saturated rings. The fourth-order valence-corrected chi connectivity index (χ4v) is 1.80. The predicted molar refractivity (Wildman–Crippen MR) is 100 cm³/mol. The fraction of sp³-hybridized carbons (Fsp3) is 0.562. The standard InChI is InChI=1S/C16H27N3O.HI/c1-3-5-10-18-16(17)19-12-14-8-6-7-9-15(14)13-20-11-4-2;/h6-9H,3-5,10-13H2,1-2H3,(H3,17,18,19);1H. The minimum atomic E-state index is 0. The topological polar surface area (TPSA) is 59.6 Å². The summed E-state index contributed by atoms with van der Waals surface area (Å²) in [6.07, 6.45) is 3.30. The summed E-state index contributed by atoms with van der Waals surface area (Å²) < 4.78 is 5.60. The molecule has 0 aliphatic heterocycles. The van der Waals surface area contributed by atoms with Crippen LogP contribution >= 0.6 is 24.0 Å². The molecule has 4 nitrogen and oxygen atoms in total. The van der Waals surface area contributed by atoms with Gasteiger partial charge in [-0.2, -0.15) is 0 Å². The van der Waals surface area contributed by atoms with Gasteiger partial charge in [-0.05, 0) is 24.0 Å². The van der Waals surface area contributed by atoms with Crippen molar-refractivity contribution in [1.82, 2.24) is 5.32 Å². The number of ether oxygens (including phenoxy) is 1. The number of halogens is 1. The molecule has 1 rings (SSSR count). The Bertz CT molecular complexity index is 410. The maximum absolute atomic E-state index is 5.84. The van der Waals surface area contributed by atoms with E-state index in [0.717, 1.165) is 32.4 Å². The van der Waals surface area contributed by atoms with Gasteiger partial charge in [0.15, 0.2) is 5.96 Å². The Hall–Kier alpha value is -0.820. The molecule has 0 aliphatic carbocycles. The molecule has 0 saturated carbocycles. The van der Waals surface area contributed by atoms with Crippen molar-refractivity contribution in [2.45, 2.75) is 46.3 Å². The zero-order valence-electron chi connectivity index (χ0n) is 13.1. The quantitative estimate of drug-likeness (QED) is 0.287. The second-order valence-electron chi connectivity index (χ2n) is 4.80. The summed E-state index contributed by atoms with van der Waals surface area (Å²) in [5.74, 6) is 0.516. The van der Waals surface area contributed by atoms with Gasteiger partial charge in [0.05, 0.1) is 13.2 Å². The van der Waals surface area contributed by atoms with E-state index in [0.29, 0.717) is 19.1 Å². The van der Waals surface area contributed by atoms with Gasteiger partial charge in [0.1, 0.15) is 0 Å². The average molecular weight is 405 g/mol. The van der Waals surface area contributed by atoms with Crippen LogP contribution < -0.4 is 11.1 Å². The number of aliphatic imine (C=N–C) groups is 1. The zero-order chi connectivity index (χ0) is 14.6. The number of rotatable bonds is 9. The van der Waals surface area contributed by atoms with Crippen LogP contribution in [0.4, 0.5) is 0 Å². The first-order valence-corrected chi connectivity index (χ1v) is 7.46. The van der Waals surface area contributed by atoms with Gasteiger partial charge >= 0.3 is 0 Å². The Morgan fingerprint density at radius 3 is 2.57 bits per heavy atom. The summed E-state index contributed by atoms with van der Waals surface area (Å²) in [5.41, 5.74) is 8.20. The van der Waals surface area contributed by atoms with Crippen LogP contribution in [0.5, 0.6) is 0 Å². The molecule has 120 valence electrons. The maximum atomic E-state index is 5.84. The molecular weight excluding hydrogens is 377 g/mol. The highest BCUT2D eigenvalue weighted by molar-refractivity contribution is 14.0. The number of hydrogen-bond acceptors (Lipinski definition) is 2. The molecule has 0 heterocycles. The lowest BCUT2D eigenvalue weighted by Crippen LogP contribution is -2.32. The first kappa shape index (κ1) is 20.2. The van der Waals surface area contributed by atoms with Crippen LogP contribution in [-0.2, 0) is 17.9 Å². The third-order valence-electron chi connectivity index (χ3n) is 2.98. The van der Waals surface area contributed by atoms with Crippen LogP contribution in [0.15, 0.2) is 29.3 Å². The molecule has 0 radical (unpaired) electrons. The molecule has 1 aromatic carbocycles. The van der Waals surface area contributed by atoms with Gasteiger partial charge in [0, 0.05) is 13.2 Å². The van der Waals surface area contributed by atoms with E-state index in [2.05, 4.69) is 36.3 Å². The van der Waals surface area contributed by atoms with Crippen LogP contribution in [0.1, 0.15) is 44.2 Å². The summed E-state index contributed by atoms with van der Waals surface area (Å²) in [6, 6.07) is 8.21. The van der Waals surface area contributed by atoms with Crippen molar-refractivity contribution in [3.05, 3.63) is 35.4 Å². The number of guanidine groups is 1. The van der Waals surface area contributed by atoms with E-state index < -0.39 is 0 Å². The van der Waals surface area contributed by atoms with E-state index in [1.54, 1.807) is 0 Å². The number of nitrogens with two attached hydrogens (primary N) is 1. The van der Waals surface area contributed by atoms with Crippen molar-refractivity contribution in [3.8, 4) is 0 Å². The van der Waals surface area contributed by atoms with E-state index in [1.807, 2.05) is 12.1 Å². The molecule has 0 aliphatic rings. The molecule has 0 bridgehead atoms. The molecule has 21 heavy (non-hydrogen) atoms. The summed E-state index contributed by atoms with van der Waals surface area (Å²) in [7, 11) is 0. The van der Waals surface area contributed by atoms with Crippen molar-refractivity contribution < 1.29 is 4.74 Å². The molecule has 0 amide bonds. The summed E-state index contributed by atoms with van der Waals surface area (Å²) in [5, 5.41) is 3.12. The van der Waals surface area contributed by atoms with Gasteiger partial charge in [-0.15, -0.1) is 24.0 Å². The van der Waals surface area contributed by atoms with Gasteiger partial charge in [-0.1, -0.05) is 44.5 Å². The number of nitrogens with zero attached hydrogens (tertiary/aromatic N) is 1. The Morgan fingerprint density at radius 1 is 1.19 bits per heavy atom. The maximum Gasteiger partial charge on any atom is 0.188 e. The van der Waals surface area contributed by atoms with E-state index >= 15 is 0 Å². The Morgan fingerprint density at radius 2 is 1.90 bits per heavy atom. The molecule has 1 aromatic rings. The van der Waals surface area contributed by atoms with E-state index in [9.17, 15) is 0 Å². The molecule has 5 heteroatoms. The molecule has 3 N–H and O–H groups in total. The van der Waals surface area contributed by atoms with Crippen LogP contribution in [0.2, 0.25) is 0 Å². The second-order valence-corrected chi connectivity index (χ2v) is 4.80. The van der Waals surface area contributed by atoms with Crippen LogP contribution in [0.25, 0.3) is 0 Å². The fourth-order valence-electron chi connectivity index (χ4n) is 1.80. The zero-order valence-corrected chi connectivity index (χ0v) is 15.4. The smallest absolute Gasteiger partial charge is 0.188 e. The van der Waals surface area contributed by atoms with Crippen molar-refractivity contribution in [1.29, 1.82) is 0 Å². The SMILES string of the molecule is CCCCNC(N)=NCc1ccccc1COCCC.I. The van der Waals surface area contributed by atoms with E-state index in [1.165, 1.54) is 11.1 Å². The van der Waals surface area contributed by atoms with E-state index in [4.69, 9.17) is 10.5 Å². The van der Waals surface area contributed by atoms with Gasteiger partial charge < -0.3 is 15.8 Å². The molecule has 0 atom stereocenters. The first-order chi connectivity index (χ1) is 9.77. The molecule has 0 unspecified atom stereocenters. The van der Waals surface area contributed by atoms with Crippen molar-refractivity contribution >= 4 is 29.9 Å². The Balaban J connectivity index is 0.00000400. The van der Waals surface area contributed by atoms with Crippen LogP contribution in [-0.4, -0.2) is 19.1 Å².